The summed E-state index contributed by atoms with van der Waals surface area (Å²) in [5.41, 5.74) is 6.85. The van der Waals surface area contributed by atoms with Crippen LogP contribution in [0.4, 0.5) is 5.69 Å². The summed E-state index contributed by atoms with van der Waals surface area (Å²) in [6, 6.07) is 4.96. The van der Waals surface area contributed by atoms with Crippen molar-refractivity contribution in [2.75, 3.05) is 40.0 Å². The molecule has 0 bridgehead atoms. The van der Waals surface area contributed by atoms with Crippen molar-refractivity contribution in [3.05, 3.63) is 23.8 Å². The summed E-state index contributed by atoms with van der Waals surface area (Å²) < 4.78 is 26.3. The lowest BCUT2D eigenvalue weighted by Crippen LogP contribution is -2.30. The van der Waals surface area contributed by atoms with Crippen molar-refractivity contribution in [2.45, 2.75) is 18.2 Å². The molecule has 0 amide bonds. The SMILES string of the molecule is Cc1ccc(N)cc1S(=O)(=O)N(C)CCCN(C)C. The van der Waals surface area contributed by atoms with Gasteiger partial charge in [-0.25, -0.2) is 12.7 Å². The molecule has 0 aliphatic heterocycles. The van der Waals surface area contributed by atoms with E-state index in [9.17, 15) is 8.42 Å². The van der Waals surface area contributed by atoms with E-state index in [1.165, 1.54) is 10.4 Å². The topological polar surface area (TPSA) is 66.6 Å². The lowest BCUT2D eigenvalue weighted by Gasteiger charge is -2.19. The van der Waals surface area contributed by atoms with Crippen molar-refractivity contribution in [2.24, 2.45) is 0 Å². The van der Waals surface area contributed by atoms with E-state index >= 15 is 0 Å². The molecule has 1 aromatic carbocycles. The molecule has 0 saturated heterocycles. The summed E-state index contributed by atoms with van der Waals surface area (Å²) in [6.45, 7) is 3.13. The number of nitrogens with zero attached hydrogens (tertiary/aromatic N) is 2. The van der Waals surface area contributed by atoms with Crippen LogP contribution in [-0.2, 0) is 10.0 Å². The first-order valence-corrected chi connectivity index (χ1v) is 7.66. The number of hydrogen-bond acceptors (Lipinski definition) is 4. The summed E-state index contributed by atoms with van der Waals surface area (Å²) in [5.74, 6) is 0. The van der Waals surface area contributed by atoms with Gasteiger partial charge in [0.1, 0.15) is 0 Å². The molecule has 0 aliphatic carbocycles. The van der Waals surface area contributed by atoms with Gasteiger partial charge in [-0.15, -0.1) is 0 Å². The molecule has 0 heterocycles. The van der Waals surface area contributed by atoms with Crippen LogP contribution in [0.25, 0.3) is 0 Å². The quantitative estimate of drug-likeness (QED) is 0.796. The van der Waals surface area contributed by atoms with Gasteiger partial charge in [-0.3, -0.25) is 0 Å². The van der Waals surface area contributed by atoms with Gasteiger partial charge in [-0.1, -0.05) is 6.07 Å². The predicted molar refractivity (Wildman–Crippen MR) is 78.6 cm³/mol. The van der Waals surface area contributed by atoms with Crippen LogP contribution in [-0.4, -0.2) is 51.9 Å². The number of rotatable bonds is 6. The summed E-state index contributed by atoms with van der Waals surface area (Å²) >= 11 is 0. The third-order valence-corrected chi connectivity index (χ3v) is 4.98. The highest BCUT2D eigenvalue weighted by atomic mass is 32.2. The number of benzene rings is 1. The minimum Gasteiger partial charge on any atom is -0.399 e. The van der Waals surface area contributed by atoms with Crippen LogP contribution in [0.5, 0.6) is 0 Å². The summed E-state index contributed by atoms with van der Waals surface area (Å²) in [6.07, 6.45) is 0.796. The van der Waals surface area contributed by atoms with Crippen molar-refractivity contribution in [1.29, 1.82) is 0 Å². The van der Waals surface area contributed by atoms with E-state index in [0.29, 0.717) is 22.7 Å². The molecule has 1 aromatic rings. The minimum atomic E-state index is -3.46. The van der Waals surface area contributed by atoms with Crippen molar-refractivity contribution in [1.82, 2.24) is 9.21 Å². The van der Waals surface area contributed by atoms with E-state index in [1.54, 1.807) is 26.1 Å². The Kier molecular flexibility index (Phi) is 5.34. The molecular weight excluding hydrogens is 262 g/mol. The summed E-state index contributed by atoms with van der Waals surface area (Å²) in [5, 5.41) is 0. The maximum absolute atomic E-state index is 12.4. The first-order valence-electron chi connectivity index (χ1n) is 6.22. The van der Waals surface area contributed by atoms with E-state index in [0.717, 1.165) is 13.0 Å². The van der Waals surface area contributed by atoms with Crippen LogP contribution in [0.15, 0.2) is 23.1 Å². The molecule has 0 saturated carbocycles. The molecule has 0 unspecified atom stereocenters. The first-order chi connectivity index (χ1) is 8.75. The zero-order valence-corrected chi connectivity index (χ0v) is 12.9. The number of nitrogen functional groups attached to an aromatic ring is 1. The first kappa shape index (κ1) is 15.9. The van der Waals surface area contributed by atoms with Gasteiger partial charge in [-0.2, -0.15) is 0 Å². The van der Waals surface area contributed by atoms with E-state index in [1.807, 2.05) is 19.0 Å². The number of nitrogens with two attached hydrogens (primary N) is 1. The van der Waals surface area contributed by atoms with Gasteiger partial charge in [0, 0.05) is 19.3 Å². The smallest absolute Gasteiger partial charge is 0.243 e. The molecule has 0 spiro atoms. The second-order valence-corrected chi connectivity index (χ2v) is 7.02. The number of anilines is 1. The lowest BCUT2D eigenvalue weighted by atomic mass is 10.2. The van der Waals surface area contributed by atoms with E-state index in [-0.39, 0.29) is 0 Å². The molecule has 0 atom stereocenters. The van der Waals surface area contributed by atoms with Crippen molar-refractivity contribution in [3.63, 3.8) is 0 Å². The second kappa shape index (κ2) is 6.36. The Bertz CT molecular complexity index is 527. The maximum atomic E-state index is 12.4. The van der Waals surface area contributed by atoms with Gasteiger partial charge in [0.15, 0.2) is 0 Å². The van der Waals surface area contributed by atoms with E-state index in [4.69, 9.17) is 5.73 Å². The molecule has 108 valence electrons. The molecule has 0 radical (unpaired) electrons. The number of sulfonamides is 1. The van der Waals surface area contributed by atoms with E-state index < -0.39 is 10.0 Å². The second-order valence-electron chi connectivity index (χ2n) is 5.01. The predicted octanol–water partition coefficient (Wildman–Crippen LogP) is 1.15. The fourth-order valence-electron chi connectivity index (χ4n) is 1.79. The highest BCUT2D eigenvalue weighted by Crippen LogP contribution is 2.21. The molecule has 5 nitrogen and oxygen atoms in total. The Hall–Kier alpha value is -1.11. The van der Waals surface area contributed by atoms with Gasteiger partial charge in [0.2, 0.25) is 10.0 Å². The highest BCUT2D eigenvalue weighted by Gasteiger charge is 2.22. The Labute approximate surface area is 116 Å². The van der Waals surface area contributed by atoms with Crippen molar-refractivity contribution in [3.8, 4) is 0 Å². The number of aryl methyl sites for hydroxylation is 1. The lowest BCUT2D eigenvalue weighted by molar-refractivity contribution is 0.370. The summed E-state index contributed by atoms with van der Waals surface area (Å²) in [4.78, 5) is 2.33. The molecule has 19 heavy (non-hydrogen) atoms. The Morgan fingerprint density at radius 2 is 1.79 bits per heavy atom. The molecule has 1 rings (SSSR count). The minimum absolute atomic E-state index is 0.292. The fourth-order valence-corrected chi connectivity index (χ4v) is 3.26. The average Bonchev–Trinajstić information content (AvgIpc) is 2.31. The van der Waals surface area contributed by atoms with Gasteiger partial charge >= 0.3 is 0 Å². The standard InChI is InChI=1S/C13H23N3O2S/c1-11-6-7-12(14)10-13(11)19(17,18)16(4)9-5-8-15(2)3/h6-7,10H,5,8-9,14H2,1-4H3. The van der Waals surface area contributed by atoms with Crippen LogP contribution in [0.1, 0.15) is 12.0 Å². The Morgan fingerprint density at radius 1 is 1.16 bits per heavy atom. The average molecular weight is 285 g/mol. The van der Waals surface area contributed by atoms with Gasteiger partial charge in [0.25, 0.3) is 0 Å². The van der Waals surface area contributed by atoms with Crippen LogP contribution >= 0.6 is 0 Å². The maximum Gasteiger partial charge on any atom is 0.243 e. The summed E-state index contributed by atoms with van der Waals surface area (Å²) in [7, 11) is 2.09. The van der Waals surface area contributed by atoms with Crippen molar-refractivity contribution < 1.29 is 8.42 Å². The van der Waals surface area contributed by atoms with Crippen LogP contribution in [0.3, 0.4) is 0 Å². The van der Waals surface area contributed by atoms with Gasteiger partial charge in [0.05, 0.1) is 4.90 Å². The zero-order chi connectivity index (χ0) is 14.6. The zero-order valence-electron chi connectivity index (χ0n) is 12.0. The normalized spacial score (nSPS) is 12.3. The third kappa shape index (κ3) is 4.19. The molecule has 0 aliphatic rings. The molecule has 0 aromatic heterocycles. The Morgan fingerprint density at radius 3 is 2.37 bits per heavy atom. The molecular formula is C13H23N3O2S. The van der Waals surface area contributed by atoms with Gasteiger partial charge in [-0.05, 0) is 51.7 Å². The Balaban J connectivity index is 2.88. The molecule has 6 heteroatoms. The van der Waals surface area contributed by atoms with Crippen LogP contribution in [0.2, 0.25) is 0 Å². The van der Waals surface area contributed by atoms with Crippen LogP contribution < -0.4 is 5.73 Å². The van der Waals surface area contributed by atoms with Gasteiger partial charge < -0.3 is 10.6 Å². The largest absolute Gasteiger partial charge is 0.399 e. The van der Waals surface area contributed by atoms with E-state index in [2.05, 4.69) is 0 Å². The molecule has 2 N–H and O–H groups in total. The van der Waals surface area contributed by atoms with Crippen LogP contribution in [0, 0.1) is 6.92 Å². The highest BCUT2D eigenvalue weighted by molar-refractivity contribution is 7.89. The fraction of sp³-hybridized carbons (Fsp3) is 0.538. The third-order valence-electron chi connectivity index (χ3n) is 2.98. The number of hydrogen-bond donors (Lipinski definition) is 1. The molecule has 0 fully saturated rings. The van der Waals surface area contributed by atoms with Crippen molar-refractivity contribution >= 4 is 15.7 Å². The monoisotopic (exact) mass is 285 g/mol.